The van der Waals surface area contributed by atoms with Gasteiger partial charge in [-0.1, -0.05) is 25.8 Å². The Balaban J connectivity index is 2.55. The number of pyridine rings is 1. The highest BCUT2D eigenvalue weighted by atomic mass is 14.7. The summed E-state index contributed by atoms with van der Waals surface area (Å²) in [6.45, 7) is 4.17. The fraction of sp³-hybridized carbons (Fsp3) is 0.545. The maximum atomic E-state index is 5.99. The zero-order valence-corrected chi connectivity index (χ0v) is 8.46. The molecule has 1 aromatic heterocycles. The Hall–Kier alpha value is -0.890. The van der Waals surface area contributed by atoms with Gasteiger partial charge in [-0.2, -0.15) is 0 Å². The van der Waals surface area contributed by atoms with Crippen molar-refractivity contribution in [1.82, 2.24) is 4.98 Å². The fourth-order valence-electron chi connectivity index (χ4n) is 1.29. The minimum Gasteiger partial charge on any atom is -0.324 e. The molecular formula is C11H18N2. The van der Waals surface area contributed by atoms with Crippen LogP contribution in [0, 0.1) is 6.92 Å². The molecule has 1 atom stereocenters. The summed E-state index contributed by atoms with van der Waals surface area (Å²) in [5.41, 5.74) is 8.19. The van der Waals surface area contributed by atoms with Gasteiger partial charge in [-0.3, -0.25) is 4.98 Å². The summed E-state index contributed by atoms with van der Waals surface area (Å²) in [5, 5.41) is 0. The Labute approximate surface area is 80.2 Å². The van der Waals surface area contributed by atoms with E-state index in [2.05, 4.69) is 18.0 Å². The highest BCUT2D eigenvalue weighted by Crippen LogP contribution is 2.15. The third kappa shape index (κ3) is 3.15. The lowest BCUT2D eigenvalue weighted by Crippen LogP contribution is -2.10. The second-order valence-corrected chi connectivity index (χ2v) is 3.48. The first-order valence-corrected chi connectivity index (χ1v) is 4.92. The lowest BCUT2D eigenvalue weighted by molar-refractivity contribution is 0.601. The van der Waals surface area contributed by atoms with E-state index in [0.29, 0.717) is 0 Å². The monoisotopic (exact) mass is 178 g/mol. The van der Waals surface area contributed by atoms with Crippen molar-refractivity contribution in [2.75, 3.05) is 0 Å². The van der Waals surface area contributed by atoms with E-state index in [1.165, 1.54) is 12.8 Å². The van der Waals surface area contributed by atoms with Gasteiger partial charge < -0.3 is 5.73 Å². The summed E-state index contributed by atoms with van der Waals surface area (Å²) >= 11 is 0. The van der Waals surface area contributed by atoms with Crippen LogP contribution in [-0.2, 0) is 0 Å². The van der Waals surface area contributed by atoms with Gasteiger partial charge in [-0.05, 0) is 25.0 Å². The molecule has 0 fully saturated rings. The summed E-state index contributed by atoms with van der Waals surface area (Å²) in [5.74, 6) is 0. The molecule has 0 saturated carbocycles. The highest BCUT2D eigenvalue weighted by molar-refractivity contribution is 5.16. The van der Waals surface area contributed by atoms with Gasteiger partial charge in [-0.15, -0.1) is 0 Å². The molecule has 0 aliphatic rings. The van der Waals surface area contributed by atoms with E-state index in [-0.39, 0.29) is 6.04 Å². The van der Waals surface area contributed by atoms with Gasteiger partial charge in [0.25, 0.3) is 0 Å². The van der Waals surface area contributed by atoms with Crippen LogP contribution >= 0.6 is 0 Å². The van der Waals surface area contributed by atoms with E-state index in [1.807, 2.05) is 19.2 Å². The molecule has 0 bridgehead atoms. The van der Waals surface area contributed by atoms with Crippen molar-refractivity contribution in [3.8, 4) is 0 Å². The number of hydrogen-bond acceptors (Lipinski definition) is 2. The molecule has 72 valence electrons. The average Bonchev–Trinajstić information content (AvgIpc) is 2.15. The lowest BCUT2D eigenvalue weighted by Gasteiger charge is -2.10. The number of nitrogens with zero attached hydrogens (tertiary/aromatic N) is 1. The van der Waals surface area contributed by atoms with E-state index in [9.17, 15) is 0 Å². The maximum Gasteiger partial charge on any atom is 0.0372 e. The number of aryl methyl sites for hydroxylation is 1. The van der Waals surface area contributed by atoms with Crippen molar-refractivity contribution in [2.45, 2.75) is 39.2 Å². The molecule has 2 heteroatoms. The minimum absolute atomic E-state index is 0.160. The minimum atomic E-state index is 0.160. The summed E-state index contributed by atoms with van der Waals surface area (Å²) in [4.78, 5) is 4.23. The smallest absolute Gasteiger partial charge is 0.0372 e. The molecule has 0 amide bonds. The summed E-state index contributed by atoms with van der Waals surface area (Å²) < 4.78 is 0. The van der Waals surface area contributed by atoms with Gasteiger partial charge >= 0.3 is 0 Å². The molecule has 2 nitrogen and oxygen atoms in total. The number of aromatic nitrogens is 1. The van der Waals surface area contributed by atoms with Crippen LogP contribution < -0.4 is 5.73 Å². The molecule has 2 N–H and O–H groups in total. The van der Waals surface area contributed by atoms with Gasteiger partial charge in [0.2, 0.25) is 0 Å². The highest BCUT2D eigenvalue weighted by Gasteiger charge is 2.04. The molecule has 0 aliphatic carbocycles. The molecule has 0 aromatic carbocycles. The maximum absolute atomic E-state index is 5.99. The van der Waals surface area contributed by atoms with E-state index < -0.39 is 0 Å². The Morgan fingerprint density at radius 2 is 2.23 bits per heavy atom. The molecule has 1 rings (SSSR count). The van der Waals surface area contributed by atoms with Crippen molar-refractivity contribution in [3.63, 3.8) is 0 Å². The summed E-state index contributed by atoms with van der Waals surface area (Å²) in [6, 6.07) is 4.25. The average molecular weight is 178 g/mol. The first-order chi connectivity index (χ1) is 6.24. The molecule has 0 unspecified atom stereocenters. The SMILES string of the molecule is CCCC[C@@H](N)c1ccc(C)nc1. The standard InChI is InChI=1S/C11H18N2/c1-3-4-5-11(12)10-7-6-9(2)13-8-10/h6-8,11H,3-5,12H2,1-2H3/t11-/m1/s1. The molecule has 1 aromatic rings. The van der Waals surface area contributed by atoms with Gasteiger partial charge in [0.05, 0.1) is 0 Å². The molecule has 1 heterocycles. The quantitative estimate of drug-likeness (QED) is 0.769. The predicted octanol–water partition coefficient (Wildman–Crippen LogP) is 2.58. The number of rotatable bonds is 4. The summed E-state index contributed by atoms with van der Waals surface area (Å²) in [6.07, 6.45) is 5.33. The van der Waals surface area contributed by atoms with Crippen LogP contribution in [0.15, 0.2) is 18.3 Å². The zero-order chi connectivity index (χ0) is 9.68. The van der Waals surface area contributed by atoms with Crippen molar-refractivity contribution in [3.05, 3.63) is 29.6 Å². The fourth-order valence-corrected chi connectivity index (χ4v) is 1.29. The van der Waals surface area contributed by atoms with Crippen LogP contribution in [0.5, 0.6) is 0 Å². The van der Waals surface area contributed by atoms with Gasteiger partial charge in [0.15, 0.2) is 0 Å². The van der Waals surface area contributed by atoms with Crippen LogP contribution in [0.2, 0.25) is 0 Å². The van der Waals surface area contributed by atoms with Crippen molar-refractivity contribution >= 4 is 0 Å². The molecule has 13 heavy (non-hydrogen) atoms. The lowest BCUT2D eigenvalue weighted by atomic mass is 10.0. The first kappa shape index (κ1) is 10.2. The first-order valence-electron chi connectivity index (χ1n) is 4.92. The van der Waals surface area contributed by atoms with E-state index in [1.54, 1.807) is 0 Å². The molecular weight excluding hydrogens is 160 g/mol. The van der Waals surface area contributed by atoms with Crippen molar-refractivity contribution in [1.29, 1.82) is 0 Å². The number of nitrogens with two attached hydrogens (primary N) is 1. The van der Waals surface area contributed by atoms with Gasteiger partial charge in [-0.25, -0.2) is 0 Å². The van der Waals surface area contributed by atoms with Crippen LogP contribution in [0.3, 0.4) is 0 Å². The van der Waals surface area contributed by atoms with E-state index >= 15 is 0 Å². The largest absolute Gasteiger partial charge is 0.324 e. The van der Waals surface area contributed by atoms with Crippen LogP contribution in [0.4, 0.5) is 0 Å². The van der Waals surface area contributed by atoms with Crippen LogP contribution in [0.25, 0.3) is 0 Å². The van der Waals surface area contributed by atoms with Crippen LogP contribution in [-0.4, -0.2) is 4.98 Å². The van der Waals surface area contributed by atoms with Crippen molar-refractivity contribution in [2.24, 2.45) is 5.73 Å². The summed E-state index contributed by atoms with van der Waals surface area (Å²) in [7, 11) is 0. The Morgan fingerprint density at radius 1 is 1.46 bits per heavy atom. The third-order valence-corrected chi connectivity index (χ3v) is 2.23. The van der Waals surface area contributed by atoms with E-state index in [0.717, 1.165) is 17.7 Å². The van der Waals surface area contributed by atoms with Crippen molar-refractivity contribution < 1.29 is 0 Å². The van der Waals surface area contributed by atoms with Gasteiger partial charge in [0, 0.05) is 17.9 Å². The molecule has 0 radical (unpaired) electrons. The van der Waals surface area contributed by atoms with Gasteiger partial charge in [0.1, 0.15) is 0 Å². The van der Waals surface area contributed by atoms with Crippen LogP contribution in [0.1, 0.15) is 43.5 Å². The predicted molar refractivity (Wildman–Crippen MR) is 55.4 cm³/mol. The molecule has 0 aliphatic heterocycles. The number of hydrogen-bond donors (Lipinski definition) is 1. The Kier molecular flexibility index (Phi) is 3.90. The molecule has 0 spiro atoms. The zero-order valence-electron chi connectivity index (χ0n) is 8.46. The van der Waals surface area contributed by atoms with E-state index in [4.69, 9.17) is 5.73 Å². The third-order valence-electron chi connectivity index (χ3n) is 2.23. The second-order valence-electron chi connectivity index (χ2n) is 3.48. The second kappa shape index (κ2) is 4.97. The normalized spacial score (nSPS) is 12.8. The Morgan fingerprint density at radius 3 is 2.77 bits per heavy atom. The topological polar surface area (TPSA) is 38.9 Å². The molecule has 0 saturated heterocycles. The Bertz CT molecular complexity index is 241. The number of unbranched alkanes of at least 4 members (excludes halogenated alkanes) is 1.